The Hall–Kier alpha value is -1.53. The molecule has 2 aromatic carbocycles. The van der Waals surface area contributed by atoms with E-state index in [2.05, 4.69) is 30.9 Å². The second kappa shape index (κ2) is 5.88. The van der Waals surface area contributed by atoms with Crippen molar-refractivity contribution in [1.29, 1.82) is 0 Å². The van der Waals surface area contributed by atoms with E-state index in [1.165, 1.54) is 10.6 Å². The van der Waals surface area contributed by atoms with E-state index >= 15 is 0 Å². The molecule has 0 unspecified atom stereocenters. The van der Waals surface area contributed by atoms with Gasteiger partial charge in [0.2, 0.25) is 0 Å². The lowest BCUT2D eigenvalue weighted by Gasteiger charge is -2.14. The summed E-state index contributed by atoms with van der Waals surface area (Å²) in [7, 11) is 3.02. The lowest BCUT2D eigenvalue weighted by molar-refractivity contribution is 0.415. The van der Waals surface area contributed by atoms with Crippen molar-refractivity contribution < 1.29 is 9.47 Å². The molecule has 0 amide bonds. The van der Waals surface area contributed by atoms with E-state index in [1.807, 2.05) is 24.3 Å². The van der Waals surface area contributed by atoms with Crippen molar-refractivity contribution in [2.24, 2.45) is 0 Å². The molecule has 0 atom stereocenters. The molecule has 0 aliphatic heterocycles. The molecule has 0 saturated heterocycles. The molecule has 2 aromatic rings. The zero-order chi connectivity index (χ0) is 13.0. The molecule has 0 radical (unpaired) electrons. The van der Waals surface area contributed by atoms with Crippen molar-refractivity contribution in [2.45, 2.75) is 0 Å². The number of hydrogen-bond donors (Lipinski definition) is 0. The quantitative estimate of drug-likeness (QED) is 0.787. The fourth-order valence-corrected chi connectivity index (χ4v) is 3.35. The Morgan fingerprint density at radius 1 is 0.778 bits per heavy atom. The first-order chi connectivity index (χ1) is 8.74. The molecule has 0 heterocycles. The van der Waals surface area contributed by atoms with E-state index in [0.717, 1.165) is 11.5 Å². The van der Waals surface area contributed by atoms with E-state index < -0.39 is 0 Å². The van der Waals surface area contributed by atoms with Gasteiger partial charge >= 0.3 is 0 Å². The summed E-state index contributed by atoms with van der Waals surface area (Å²) in [4.78, 5) is 0. The minimum atomic E-state index is -0.375. The average molecular weight is 260 g/mol. The predicted octanol–water partition coefficient (Wildman–Crippen LogP) is 2.77. The Morgan fingerprint density at radius 3 is 1.61 bits per heavy atom. The SMILES string of the molecule is COc1cccc(P(C)c2cccc(OC)c2)c1. The van der Waals surface area contributed by atoms with Crippen LogP contribution in [-0.4, -0.2) is 20.9 Å². The Kier molecular flexibility index (Phi) is 4.22. The maximum atomic E-state index is 5.27. The highest BCUT2D eigenvalue weighted by atomic mass is 31.1. The number of hydrogen-bond acceptors (Lipinski definition) is 2. The van der Waals surface area contributed by atoms with Crippen molar-refractivity contribution in [2.75, 3.05) is 20.9 Å². The van der Waals surface area contributed by atoms with Crippen molar-refractivity contribution >= 4 is 18.5 Å². The largest absolute Gasteiger partial charge is 0.497 e. The molecule has 0 aliphatic rings. The van der Waals surface area contributed by atoms with Crippen molar-refractivity contribution in [3.05, 3.63) is 48.5 Å². The summed E-state index contributed by atoms with van der Waals surface area (Å²) in [5.41, 5.74) is 0. The summed E-state index contributed by atoms with van der Waals surface area (Å²) in [5.74, 6) is 1.81. The molecule has 3 heteroatoms. The van der Waals surface area contributed by atoms with Crippen LogP contribution in [0.2, 0.25) is 0 Å². The van der Waals surface area contributed by atoms with Gasteiger partial charge in [0.25, 0.3) is 0 Å². The summed E-state index contributed by atoms with van der Waals surface area (Å²) < 4.78 is 10.5. The molecular formula is C15H17O2P. The Morgan fingerprint density at radius 2 is 1.22 bits per heavy atom. The summed E-state index contributed by atoms with van der Waals surface area (Å²) in [6.45, 7) is 2.25. The Bertz CT molecular complexity index is 478. The topological polar surface area (TPSA) is 18.5 Å². The van der Waals surface area contributed by atoms with Gasteiger partial charge in [-0.25, -0.2) is 0 Å². The maximum absolute atomic E-state index is 5.27. The smallest absolute Gasteiger partial charge is 0.119 e. The van der Waals surface area contributed by atoms with E-state index in [0.29, 0.717) is 0 Å². The molecule has 2 rings (SSSR count). The molecule has 94 valence electrons. The van der Waals surface area contributed by atoms with Crippen LogP contribution in [0.4, 0.5) is 0 Å². The zero-order valence-electron chi connectivity index (χ0n) is 10.9. The lowest BCUT2D eigenvalue weighted by Crippen LogP contribution is -2.11. The summed E-state index contributed by atoms with van der Waals surface area (Å²) in [6, 6.07) is 16.5. The molecule has 0 spiro atoms. The van der Waals surface area contributed by atoms with Gasteiger partial charge in [-0.3, -0.25) is 0 Å². The van der Waals surface area contributed by atoms with Gasteiger partial charge in [0.15, 0.2) is 0 Å². The highest BCUT2D eigenvalue weighted by Crippen LogP contribution is 2.31. The zero-order valence-corrected chi connectivity index (χ0v) is 11.8. The van der Waals surface area contributed by atoms with Gasteiger partial charge in [0.1, 0.15) is 11.5 Å². The lowest BCUT2D eigenvalue weighted by atomic mass is 10.3. The van der Waals surface area contributed by atoms with Gasteiger partial charge < -0.3 is 9.47 Å². The van der Waals surface area contributed by atoms with Gasteiger partial charge in [-0.1, -0.05) is 24.3 Å². The predicted molar refractivity (Wildman–Crippen MR) is 78.1 cm³/mol. The van der Waals surface area contributed by atoms with Crippen molar-refractivity contribution in [3.8, 4) is 11.5 Å². The van der Waals surface area contributed by atoms with Crippen LogP contribution >= 0.6 is 7.92 Å². The third-order valence-electron chi connectivity index (χ3n) is 2.88. The Labute approximate surface area is 109 Å². The third kappa shape index (κ3) is 2.83. The van der Waals surface area contributed by atoms with Gasteiger partial charge in [0, 0.05) is 0 Å². The standard InChI is InChI=1S/C15H17O2P/c1-16-12-6-4-8-14(10-12)18(3)15-9-5-7-13(11-15)17-2/h4-11H,1-3H3. The molecule has 0 fully saturated rings. The molecule has 2 nitrogen and oxygen atoms in total. The van der Waals surface area contributed by atoms with E-state index in [1.54, 1.807) is 14.2 Å². The van der Waals surface area contributed by atoms with Gasteiger partial charge in [-0.15, -0.1) is 0 Å². The molecule has 0 aromatic heterocycles. The molecule has 0 N–H and O–H groups in total. The monoisotopic (exact) mass is 260 g/mol. The van der Waals surface area contributed by atoms with Crippen LogP contribution in [0.3, 0.4) is 0 Å². The van der Waals surface area contributed by atoms with Crippen LogP contribution in [0.25, 0.3) is 0 Å². The first-order valence-corrected chi connectivity index (χ1v) is 7.55. The normalized spacial score (nSPS) is 10.4. The van der Waals surface area contributed by atoms with E-state index in [4.69, 9.17) is 9.47 Å². The van der Waals surface area contributed by atoms with Gasteiger partial charge in [-0.2, -0.15) is 0 Å². The first kappa shape index (κ1) is 12.9. The van der Waals surface area contributed by atoms with E-state index in [9.17, 15) is 0 Å². The average Bonchev–Trinajstić information content (AvgIpc) is 2.46. The Balaban J connectivity index is 2.31. The minimum absolute atomic E-state index is 0.375. The molecule has 0 aliphatic carbocycles. The van der Waals surface area contributed by atoms with Crippen LogP contribution in [-0.2, 0) is 0 Å². The summed E-state index contributed by atoms with van der Waals surface area (Å²) >= 11 is 0. The van der Waals surface area contributed by atoms with Crippen LogP contribution in [0, 0.1) is 0 Å². The van der Waals surface area contributed by atoms with Crippen molar-refractivity contribution in [1.82, 2.24) is 0 Å². The second-order valence-electron chi connectivity index (χ2n) is 3.96. The first-order valence-electron chi connectivity index (χ1n) is 5.76. The van der Waals surface area contributed by atoms with Crippen molar-refractivity contribution in [3.63, 3.8) is 0 Å². The maximum Gasteiger partial charge on any atom is 0.119 e. The van der Waals surface area contributed by atoms with Crippen LogP contribution in [0.1, 0.15) is 0 Å². The number of methoxy groups -OCH3 is 2. The fourth-order valence-electron chi connectivity index (χ4n) is 1.79. The number of ether oxygens (including phenoxy) is 2. The highest BCUT2D eigenvalue weighted by molar-refractivity contribution is 7.72. The molecule has 18 heavy (non-hydrogen) atoms. The molecule has 0 bridgehead atoms. The van der Waals surface area contributed by atoms with Crippen LogP contribution in [0.5, 0.6) is 11.5 Å². The number of benzene rings is 2. The van der Waals surface area contributed by atoms with Gasteiger partial charge in [-0.05, 0) is 49.5 Å². The second-order valence-corrected chi connectivity index (χ2v) is 6.11. The molecule has 0 saturated carbocycles. The third-order valence-corrected chi connectivity index (χ3v) is 4.99. The summed E-state index contributed by atoms with van der Waals surface area (Å²) in [5, 5.41) is 2.61. The highest BCUT2D eigenvalue weighted by Gasteiger charge is 2.09. The fraction of sp³-hybridized carbons (Fsp3) is 0.200. The van der Waals surface area contributed by atoms with Crippen LogP contribution < -0.4 is 20.1 Å². The molecular weight excluding hydrogens is 243 g/mol. The minimum Gasteiger partial charge on any atom is -0.497 e. The van der Waals surface area contributed by atoms with Gasteiger partial charge in [0.05, 0.1) is 14.2 Å². The van der Waals surface area contributed by atoms with Crippen LogP contribution in [0.15, 0.2) is 48.5 Å². The number of rotatable bonds is 4. The van der Waals surface area contributed by atoms with E-state index in [-0.39, 0.29) is 7.92 Å². The summed E-state index contributed by atoms with van der Waals surface area (Å²) in [6.07, 6.45) is 0.